The van der Waals surface area contributed by atoms with Crippen LogP contribution in [0.3, 0.4) is 0 Å². The molecule has 0 spiro atoms. The van der Waals surface area contributed by atoms with Crippen LogP contribution in [0.5, 0.6) is 0 Å². The second kappa shape index (κ2) is 4.88. The summed E-state index contributed by atoms with van der Waals surface area (Å²) >= 11 is 9.70. The molecule has 0 atom stereocenters. The largest absolute Gasteiger partial charge is 0.349 e. The van der Waals surface area contributed by atoms with Crippen molar-refractivity contribution < 1.29 is 0 Å². The number of hydrogen-bond donors (Lipinski definition) is 0. The van der Waals surface area contributed by atoms with Gasteiger partial charge in [0, 0.05) is 31.3 Å². The molecule has 20 heavy (non-hydrogen) atoms. The molecule has 0 fully saturated rings. The smallest absolute Gasteiger partial charge is 0.0910 e. The third-order valence-electron chi connectivity index (χ3n) is 3.87. The predicted octanol–water partition coefficient (Wildman–Crippen LogP) is 5.11. The van der Waals surface area contributed by atoms with Gasteiger partial charge in [-0.3, -0.25) is 0 Å². The van der Waals surface area contributed by atoms with Gasteiger partial charge in [-0.1, -0.05) is 15.9 Å². The molecule has 0 amide bonds. The fourth-order valence-corrected chi connectivity index (χ4v) is 5.23. The minimum atomic E-state index is 0.970. The maximum atomic E-state index is 3.72. The van der Waals surface area contributed by atoms with Crippen molar-refractivity contribution in [3.8, 4) is 0 Å². The van der Waals surface area contributed by atoms with E-state index >= 15 is 0 Å². The summed E-state index contributed by atoms with van der Waals surface area (Å²) < 4.78 is 3.61. The van der Waals surface area contributed by atoms with Crippen LogP contribution >= 0.6 is 54.5 Å². The molecule has 0 unspecified atom stereocenters. The highest BCUT2D eigenvalue weighted by molar-refractivity contribution is 14.1. The first-order chi connectivity index (χ1) is 9.61. The van der Waals surface area contributed by atoms with Gasteiger partial charge in [0.15, 0.2) is 0 Å². The summed E-state index contributed by atoms with van der Waals surface area (Å²) in [5.74, 6) is 0. The molecule has 2 aromatic carbocycles. The zero-order chi connectivity index (χ0) is 13.9. The summed E-state index contributed by atoms with van der Waals surface area (Å²) in [5, 5.41) is 0. The lowest BCUT2D eigenvalue weighted by atomic mass is 10.0. The van der Waals surface area contributed by atoms with Crippen LogP contribution in [-0.2, 0) is 13.1 Å². The van der Waals surface area contributed by atoms with Crippen molar-refractivity contribution in [2.24, 2.45) is 0 Å². The molecular formula is C15H11Br2IN2. The van der Waals surface area contributed by atoms with Crippen molar-refractivity contribution >= 4 is 65.8 Å². The molecular weight excluding hydrogens is 495 g/mol. The number of hydrogen-bond acceptors (Lipinski definition) is 2. The van der Waals surface area contributed by atoms with E-state index in [1.165, 1.54) is 30.5 Å². The van der Waals surface area contributed by atoms with E-state index in [4.69, 9.17) is 0 Å². The van der Waals surface area contributed by atoms with E-state index in [1.807, 2.05) is 0 Å². The lowest BCUT2D eigenvalue weighted by Gasteiger charge is -2.45. The van der Waals surface area contributed by atoms with E-state index in [1.54, 1.807) is 0 Å². The van der Waals surface area contributed by atoms with Crippen LogP contribution in [0.1, 0.15) is 11.1 Å². The molecule has 0 saturated heterocycles. The summed E-state index contributed by atoms with van der Waals surface area (Å²) in [7, 11) is 0. The van der Waals surface area contributed by atoms with E-state index in [0.717, 1.165) is 24.2 Å². The minimum absolute atomic E-state index is 0.970. The summed E-state index contributed by atoms with van der Waals surface area (Å²) in [6.07, 6.45) is 0. The number of benzene rings is 2. The fraction of sp³-hybridized carbons (Fsp3) is 0.200. The van der Waals surface area contributed by atoms with Crippen LogP contribution in [0.25, 0.3) is 0 Å². The highest BCUT2D eigenvalue weighted by Crippen LogP contribution is 2.42. The Kier molecular flexibility index (Phi) is 3.27. The molecule has 0 saturated carbocycles. The standard InChI is InChI=1S/C15H11Br2IN2/c16-11-3-10-7-19-8-20(15(10)13(17)5-11)6-9-4-12(18)1-2-14(9)19/h1-5H,6-8H2. The maximum absolute atomic E-state index is 3.72. The molecule has 0 N–H and O–H groups in total. The number of anilines is 2. The molecule has 2 aromatic rings. The Morgan fingerprint density at radius 1 is 0.950 bits per heavy atom. The fourth-order valence-electron chi connectivity index (χ4n) is 3.11. The van der Waals surface area contributed by atoms with E-state index in [9.17, 15) is 0 Å². The van der Waals surface area contributed by atoms with Crippen LogP contribution in [0.4, 0.5) is 11.4 Å². The van der Waals surface area contributed by atoms with Gasteiger partial charge in [-0.25, -0.2) is 0 Å². The number of halogens is 3. The summed E-state index contributed by atoms with van der Waals surface area (Å²) in [5.41, 5.74) is 5.52. The van der Waals surface area contributed by atoms with Gasteiger partial charge in [0.25, 0.3) is 0 Å². The van der Waals surface area contributed by atoms with Gasteiger partial charge in [-0.05, 0) is 80.0 Å². The first-order valence-electron chi connectivity index (χ1n) is 6.38. The van der Waals surface area contributed by atoms with Gasteiger partial charge in [0.2, 0.25) is 0 Å². The highest BCUT2D eigenvalue weighted by Gasteiger charge is 2.30. The molecule has 2 bridgehead atoms. The quantitative estimate of drug-likeness (QED) is 0.459. The Labute approximate surface area is 148 Å². The average Bonchev–Trinajstić information content (AvgIpc) is 2.36. The molecule has 4 rings (SSSR count). The van der Waals surface area contributed by atoms with Crippen molar-refractivity contribution in [3.63, 3.8) is 0 Å². The van der Waals surface area contributed by atoms with Crippen molar-refractivity contribution in [2.75, 3.05) is 16.5 Å². The average molecular weight is 506 g/mol. The van der Waals surface area contributed by atoms with Gasteiger partial charge in [0.05, 0.1) is 12.4 Å². The van der Waals surface area contributed by atoms with Crippen LogP contribution in [0.15, 0.2) is 39.3 Å². The van der Waals surface area contributed by atoms with Crippen molar-refractivity contribution in [1.82, 2.24) is 0 Å². The molecule has 2 aliphatic heterocycles. The normalized spacial score (nSPS) is 15.9. The number of nitrogens with zero attached hydrogens (tertiary/aromatic N) is 2. The lowest BCUT2D eigenvalue weighted by molar-refractivity contribution is 0.649. The second-order valence-electron chi connectivity index (χ2n) is 5.21. The third kappa shape index (κ3) is 2.09. The molecule has 102 valence electrons. The molecule has 0 radical (unpaired) electrons. The van der Waals surface area contributed by atoms with Crippen LogP contribution in [0.2, 0.25) is 0 Å². The molecule has 0 aliphatic carbocycles. The first kappa shape index (κ1) is 13.4. The second-order valence-corrected chi connectivity index (χ2v) is 8.22. The van der Waals surface area contributed by atoms with Crippen molar-refractivity contribution in [1.29, 1.82) is 0 Å². The van der Waals surface area contributed by atoms with Gasteiger partial charge in [-0.15, -0.1) is 0 Å². The Bertz CT molecular complexity index is 717. The summed E-state index contributed by atoms with van der Waals surface area (Å²) in [4.78, 5) is 4.91. The SMILES string of the molecule is Brc1cc(Br)c2c(c1)CN1CN2Cc2cc(I)ccc21. The third-order valence-corrected chi connectivity index (χ3v) is 5.60. The van der Waals surface area contributed by atoms with Crippen LogP contribution in [-0.4, -0.2) is 6.67 Å². The lowest BCUT2D eigenvalue weighted by Crippen LogP contribution is -2.46. The summed E-state index contributed by atoms with van der Waals surface area (Å²) in [6, 6.07) is 11.1. The Morgan fingerprint density at radius 2 is 1.75 bits per heavy atom. The van der Waals surface area contributed by atoms with Gasteiger partial charge < -0.3 is 9.80 Å². The zero-order valence-electron chi connectivity index (χ0n) is 10.5. The van der Waals surface area contributed by atoms with Crippen LogP contribution < -0.4 is 9.80 Å². The minimum Gasteiger partial charge on any atom is -0.349 e. The molecule has 5 heteroatoms. The van der Waals surface area contributed by atoms with Gasteiger partial charge in [-0.2, -0.15) is 0 Å². The number of fused-ring (bicyclic) bond motifs is 6. The van der Waals surface area contributed by atoms with Gasteiger partial charge in [0.1, 0.15) is 0 Å². The van der Waals surface area contributed by atoms with E-state index < -0.39 is 0 Å². The molecule has 2 heterocycles. The monoisotopic (exact) mass is 504 g/mol. The highest BCUT2D eigenvalue weighted by atomic mass is 127. The van der Waals surface area contributed by atoms with Crippen LogP contribution in [0, 0.1) is 3.57 Å². The molecule has 0 aromatic heterocycles. The van der Waals surface area contributed by atoms with Gasteiger partial charge >= 0.3 is 0 Å². The van der Waals surface area contributed by atoms with E-state index in [0.29, 0.717) is 0 Å². The number of rotatable bonds is 0. The van der Waals surface area contributed by atoms with E-state index in [2.05, 4.69) is 94.6 Å². The predicted molar refractivity (Wildman–Crippen MR) is 98.2 cm³/mol. The Balaban J connectivity index is 1.86. The molecule has 2 nitrogen and oxygen atoms in total. The van der Waals surface area contributed by atoms with Crippen molar-refractivity contribution in [2.45, 2.75) is 13.1 Å². The Morgan fingerprint density at radius 3 is 2.60 bits per heavy atom. The summed E-state index contributed by atoms with van der Waals surface area (Å²) in [6.45, 7) is 2.92. The van der Waals surface area contributed by atoms with Crippen molar-refractivity contribution in [3.05, 3.63) is 54.0 Å². The Hall–Kier alpha value is -0.270. The zero-order valence-corrected chi connectivity index (χ0v) is 15.9. The molecule has 2 aliphatic rings. The van der Waals surface area contributed by atoms with E-state index in [-0.39, 0.29) is 0 Å². The topological polar surface area (TPSA) is 6.48 Å². The first-order valence-corrected chi connectivity index (χ1v) is 9.04. The maximum Gasteiger partial charge on any atom is 0.0910 e.